The molecule has 0 fully saturated rings. The van der Waals surface area contributed by atoms with Crippen LogP contribution < -0.4 is 0 Å². The standard InChI is InChI=1S/C13H26N4OS/c1-5-7-16-12(9-18)14-17(13(16)19)10-15(4)8-11(3)6-2/h11,18H,5-10H2,1-4H3. The zero-order chi connectivity index (χ0) is 14.4. The first-order valence-corrected chi connectivity index (χ1v) is 7.40. The van der Waals surface area contributed by atoms with E-state index in [4.69, 9.17) is 12.2 Å². The molecule has 6 heteroatoms. The van der Waals surface area contributed by atoms with Gasteiger partial charge in [0.25, 0.3) is 0 Å². The number of aliphatic hydroxyl groups is 1. The van der Waals surface area contributed by atoms with E-state index < -0.39 is 0 Å². The van der Waals surface area contributed by atoms with Crippen LogP contribution in [0.15, 0.2) is 0 Å². The lowest BCUT2D eigenvalue weighted by Gasteiger charge is -2.19. The molecule has 1 aromatic heterocycles. The van der Waals surface area contributed by atoms with E-state index >= 15 is 0 Å². The van der Waals surface area contributed by atoms with Crippen molar-refractivity contribution >= 4 is 12.2 Å². The lowest BCUT2D eigenvalue weighted by Crippen LogP contribution is -2.27. The maximum absolute atomic E-state index is 9.34. The molecule has 0 aliphatic heterocycles. The Morgan fingerprint density at radius 2 is 2.11 bits per heavy atom. The average Bonchev–Trinajstić information content (AvgIpc) is 2.67. The molecule has 1 atom stereocenters. The van der Waals surface area contributed by atoms with Crippen molar-refractivity contribution < 1.29 is 5.11 Å². The number of hydrogen-bond donors (Lipinski definition) is 1. The lowest BCUT2D eigenvalue weighted by molar-refractivity contribution is 0.215. The second kappa shape index (κ2) is 7.77. The molecular formula is C13H26N4OS. The number of hydrogen-bond acceptors (Lipinski definition) is 4. The zero-order valence-electron chi connectivity index (χ0n) is 12.5. The molecule has 0 saturated carbocycles. The van der Waals surface area contributed by atoms with E-state index in [2.05, 4.69) is 37.8 Å². The third kappa shape index (κ3) is 4.40. The minimum absolute atomic E-state index is 0.0638. The molecule has 5 nitrogen and oxygen atoms in total. The molecule has 0 bridgehead atoms. The van der Waals surface area contributed by atoms with Gasteiger partial charge in [-0.2, -0.15) is 5.10 Å². The summed E-state index contributed by atoms with van der Waals surface area (Å²) in [6, 6.07) is 0. The maximum Gasteiger partial charge on any atom is 0.199 e. The zero-order valence-corrected chi connectivity index (χ0v) is 13.3. The Bertz CT molecular complexity index is 440. The van der Waals surface area contributed by atoms with Crippen molar-refractivity contribution in [2.75, 3.05) is 13.6 Å². The molecule has 1 unspecified atom stereocenters. The molecule has 110 valence electrons. The third-order valence-electron chi connectivity index (χ3n) is 3.28. The molecule has 1 aromatic rings. The van der Waals surface area contributed by atoms with Gasteiger partial charge in [-0.3, -0.25) is 4.90 Å². The molecule has 0 aliphatic carbocycles. The highest BCUT2D eigenvalue weighted by atomic mass is 32.1. The highest BCUT2D eigenvalue weighted by Crippen LogP contribution is 2.07. The van der Waals surface area contributed by atoms with Crippen molar-refractivity contribution in [3.05, 3.63) is 10.6 Å². The van der Waals surface area contributed by atoms with Crippen LogP contribution in [0, 0.1) is 10.7 Å². The third-order valence-corrected chi connectivity index (χ3v) is 3.71. The van der Waals surface area contributed by atoms with Gasteiger partial charge in [0.2, 0.25) is 0 Å². The maximum atomic E-state index is 9.34. The fourth-order valence-corrected chi connectivity index (χ4v) is 2.39. The number of aromatic nitrogens is 3. The Hall–Kier alpha value is -0.720. The highest BCUT2D eigenvalue weighted by Gasteiger charge is 2.11. The van der Waals surface area contributed by atoms with E-state index in [9.17, 15) is 5.11 Å². The minimum atomic E-state index is -0.0638. The number of rotatable bonds is 8. The van der Waals surface area contributed by atoms with Gasteiger partial charge in [-0.15, -0.1) is 0 Å². The Labute approximate surface area is 120 Å². The van der Waals surface area contributed by atoms with Crippen LogP contribution >= 0.6 is 12.2 Å². The fourth-order valence-electron chi connectivity index (χ4n) is 2.09. The van der Waals surface area contributed by atoms with Crippen molar-refractivity contribution in [3.8, 4) is 0 Å². The molecule has 19 heavy (non-hydrogen) atoms. The second-order valence-corrected chi connectivity index (χ2v) is 5.57. The summed E-state index contributed by atoms with van der Waals surface area (Å²) >= 11 is 5.43. The summed E-state index contributed by atoms with van der Waals surface area (Å²) in [5, 5.41) is 13.7. The van der Waals surface area contributed by atoms with Crippen LogP contribution in [0.25, 0.3) is 0 Å². The van der Waals surface area contributed by atoms with E-state index in [0.717, 1.165) is 19.5 Å². The Morgan fingerprint density at radius 3 is 2.63 bits per heavy atom. The molecule has 1 heterocycles. The van der Waals surface area contributed by atoms with Crippen LogP contribution in [0.3, 0.4) is 0 Å². The van der Waals surface area contributed by atoms with Crippen LogP contribution in [-0.4, -0.2) is 37.9 Å². The monoisotopic (exact) mass is 286 g/mol. The van der Waals surface area contributed by atoms with Crippen LogP contribution in [0.1, 0.15) is 39.4 Å². The van der Waals surface area contributed by atoms with E-state index in [1.807, 2.05) is 4.57 Å². The van der Waals surface area contributed by atoms with Gasteiger partial charge in [0.15, 0.2) is 10.6 Å². The molecule has 1 N–H and O–H groups in total. The molecule has 1 rings (SSSR count). The molecular weight excluding hydrogens is 260 g/mol. The van der Waals surface area contributed by atoms with Crippen LogP contribution in [0.4, 0.5) is 0 Å². The molecule has 0 aliphatic rings. The summed E-state index contributed by atoms with van der Waals surface area (Å²) in [6.07, 6.45) is 2.15. The fraction of sp³-hybridized carbons (Fsp3) is 0.846. The first kappa shape index (κ1) is 16.3. The van der Waals surface area contributed by atoms with E-state index in [1.54, 1.807) is 4.68 Å². The summed E-state index contributed by atoms with van der Waals surface area (Å²) in [6.45, 7) is 8.97. The topological polar surface area (TPSA) is 46.2 Å². The SMILES string of the molecule is CCCn1c(CO)nn(CN(C)CC(C)CC)c1=S. The smallest absolute Gasteiger partial charge is 0.199 e. The second-order valence-electron chi connectivity index (χ2n) is 5.20. The quantitative estimate of drug-likeness (QED) is 0.745. The Balaban J connectivity index is 2.81. The summed E-state index contributed by atoms with van der Waals surface area (Å²) < 4.78 is 4.42. The largest absolute Gasteiger partial charge is 0.388 e. The summed E-state index contributed by atoms with van der Waals surface area (Å²) in [7, 11) is 2.07. The molecule has 0 spiro atoms. The van der Waals surface area contributed by atoms with Gasteiger partial charge < -0.3 is 9.67 Å². The lowest BCUT2D eigenvalue weighted by atomic mass is 10.1. The van der Waals surface area contributed by atoms with Crippen molar-refractivity contribution in [3.63, 3.8) is 0 Å². The first-order chi connectivity index (χ1) is 9.03. The molecule has 0 aromatic carbocycles. The van der Waals surface area contributed by atoms with Gasteiger partial charge in [0.05, 0.1) is 6.67 Å². The Morgan fingerprint density at radius 1 is 1.42 bits per heavy atom. The minimum Gasteiger partial charge on any atom is -0.388 e. The van der Waals surface area contributed by atoms with E-state index in [0.29, 0.717) is 23.2 Å². The number of aliphatic hydroxyl groups excluding tert-OH is 1. The van der Waals surface area contributed by atoms with Gasteiger partial charge in [0, 0.05) is 13.1 Å². The predicted molar refractivity (Wildman–Crippen MR) is 79.3 cm³/mol. The normalized spacial score (nSPS) is 13.2. The Kier molecular flexibility index (Phi) is 6.68. The van der Waals surface area contributed by atoms with Gasteiger partial charge >= 0.3 is 0 Å². The summed E-state index contributed by atoms with van der Waals surface area (Å²) in [5.74, 6) is 1.32. The summed E-state index contributed by atoms with van der Waals surface area (Å²) in [4.78, 5) is 2.22. The van der Waals surface area contributed by atoms with E-state index in [1.165, 1.54) is 6.42 Å². The van der Waals surface area contributed by atoms with Crippen molar-refractivity contribution in [2.45, 2.75) is 53.4 Å². The van der Waals surface area contributed by atoms with Crippen LogP contribution in [0.5, 0.6) is 0 Å². The van der Waals surface area contributed by atoms with Gasteiger partial charge in [-0.1, -0.05) is 27.2 Å². The highest BCUT2D eigenvalue weighted by molar-refractivity contribution is 7.71. The van der Waals surface area contributed by atoms with Crippen LogP contribution in [-0.2, 0) is 19.8 Å². The molecule has 0 radical (unpaired) electrons. The molecule has 0 saturated heterocycles. The van der Waals surface area contributed by atoms with Crippen LogP contribution in [0.2, 0.25) is 0 Å². The van der Waals surface area contributed by atoms with Crippen molar-refractivity contribution in [1.29, 1.82) is 0 Å². The molecule has 0 amide bonds. The predicted octanol–water partition coefficient (Wildman–Crippen LogP) is 2.25. The van der Waals surface area contributed by atoms with Gasteiger partial charge in [-0.05, 0) is 31.6 Å². The first-order valence-electron chi connectivity index (χ1n) is 6.99. The van der Waals surface area contributed by atoms with E-state index in [-0.39, 0.29) is 6.61 Å². The van der Waals surface area contributed by atoms with Gasteiger partial charge in [-0.25, -0.2) is 4.68 Å². The van der Waals surface area contributed by atoms with Gasteiger partial charge in [0.1, 0.15) is 6.61 Å². The number of nitrogens with zero attached hydrogens (tertiary/aromatic N) is 4. The average molecular weight is 286 g/mol. The summed E-state index contributed by atoms with van der Waals surface area (Å²) in [5.41, 5.74) is 0. The van der Waals surface area contributed by atoms with Crippen molar-refractivity contribution in [1.82, 2.24) is 19.2 Å². The van der Waals surface area contributed by atoms with Crippen molar-refractivity contribution in [2.24, 2.45) is 5.92 Å².